The van der Waals surface area contributed by atoms with E-state index in [1.807, 2.05) is 11.3 Å². The zero-order valence-electron chi connectivity index (χ0n) is 11.2. The first-order chi connectivity index (χ1) is 8.15. The first-order valence-corrected chi connectivity index (χ1v) is 7.57. The molecule has 17 heavy (non-hydrogen) atoms. The predicted octanol–water partition coefficient (Wildman–Crippen LogP) is 2.88. The number of rotatable bonds is 5. The maximum absolute atomic E-state index is 3.55. The van der Waals surface area contributed by atoms with Gasteiger partial charge in [-0.2, -0.15) is 11.3 Å². The molecule has 96 valence electrons. The topological polar surface area (TPSA) is 15.3 Å². The van der Waals surface area contributed by atoms with Gasteiger partial charge in [-0.1, -0.05) is 13.8 Å². The van der Waals surface area contributed by atoms with Crippen molar-refractivity contribution in [1.82, 2.24) is 10.2 Å². The second-order valence-corrected chi connectivity index (χ2v) is 6.28. The largest absolute Gasteiger partial charge is 0.314 e. The van der Waals surface area contributed by atoms with E-state index < -0.39 is 0 Å². The molecule has 2 rings (SSSR count). The molecule has 0 aromatic carbocycles. The molecule has 0 aliphatic carbocycles. The van der Waals surface area contributed by atoms with Gasteiger partial charge in [0.05, 0.1) is 0 Å². The van der Waals surface area contributed by atoms with Crippen LogP contribution in [0.3, 0.4) is 0 Å². The van der Waals surface area contributed by atoms with E-state index in [1.54, 1.807) is 0 Å². The van der Waals surface area contributed by atoms with Gasteiger partial charge in [-0.05, 0) is 54.2 Å². The van der Waals surface area contributed by atoms with Gasteiger partial charge >= 0.3 is 0 Å². The van der Waals surface area contributed by atoms with Crippen molar-refractivity contribution in [2.75, 3.05) is 19.6 Å². The Morgan fingerprint density at radius 3 is 2.94 bits per heavy atom. The van der Waals surface area contributed by atoms with Gasteiger partial charge in [0, 0.05) is 19.1 Å². The lowest BCUT2D eigenvalue weighted by Gasteiger charge is -2.17. The van der Waals surface area contributed by atoms with Crippen molar-refractivity contribution in [1.29, 1.82) is 0 Å². The van der Waals surface area contributed by atoms with Gasteiger partial charge in [-0.15, -0.1) is 0 Å². The van der Waals surface area contributed by atoms with Crippen molar-refractivity contribution >= 4 is 11.3 Å². The lowest BCUT2D eigenvalue weighted by Crippen LogP contribution is -2.30. The van der Waals surface area contributed by atoms with Crippen molar-refractivity contribution in [2.24, 2.45) is 5.92 Å². The Balaban J connectivity index is 1.76. The molecule has 1 saturated heterocycles. The van der Waals surface area contributed by atoms with Crippen LogP contribution in [-0.4, -0.2) is 30.6 Å². The fourth-order valence-corrected chi connectivity index (χ4v) is 3.26. The summed E-state index contributed by atoms with van der Waals surface area (Å²) >= 11 is 1.83. The van der Waals surface area contributed by atoms with Crippen LogP contribution in [0.5, 0.6) is 0 Å². The molecule has 1 fully saturated rings. The van der Waals surface area contributed by atoms with E-state index in [9.17, 15) is 0 Å². The summed E-state index contributed by atoms with van der Waals surface area (Å²) in [5.41, 5.74) is 2.98. The van der Waals surface area contributed by atoms with Crippen molar-refractivity contribution in [3.8, 4) is 0 Å². The molecule has 1 N–H and O–H groups in total. The monoisotopic (exact) mass is 252 g/mol. The summed E-state index contributed by atoms with van der Waals surface area (Å²) in [5.74, 6) is 0.844. The van der Waals surface area contributed by atoms with Gasteiger partial charge in [0.2, 0.25) is 0 Å². The number of aryl methyl sites for hydroxylation is 1. The zero-order valence-corrected chi connectivity index (χ0v) is 12.0. The Hall–Kier alpha value is -0.380. The van der Waals surface area contributed by atoms with Crippen molar-refractivity contribution in [3.63, 3.8) is 0 Å². The van der Waals surface area contributed by atoms with E-state index in [-0.39, 0.29) is 0 Å². The Bertz CT molecular complexity index is 346. The van der Waals surface area contributed by atoms with Crippen LogP contribution in [0.4, 0.5) is 0 Å². The van der Waals surface area contributed by atoms with Crippen LogP contribution in [-0.2, 0) is 6.54 Å². The molecular weight excluding hydrogens is 228 g/mol. The molecule has 0 amide bonds. The molecule has 2 nitrogen and oxygen atoms in total. The summed E-state index contributed by atoms with van der Waals surface area (Å²) in [7, 11) is 0. The van der Waals surface area contributed by atoms with Gasteiger partial charge in [0.1, 0.15) is 0 Å². The third kappa shape index (κ3) is 3.80. The molecule has 1 aliphatic heterocycles. The number of nitrogens with zero attached hydrogens (tertiary/aromatic N) is 1. The highest BCUT2D eigenvalue weighted by Gasteiger charge is 2.22. The third-order valence-corrected chi connectivity index (χ3v) is 4.45. The first-order valence-electron chi connectivity index (χ1n) is 6.62. The molecule has 0 saturated carbocycles. The molecule has 1 aliphatic rings. The molecule has 0 bridgehead atoms. The molecule has 1 unspecified atom stereocenters. The zero-order chi connectivity index (χ0) is 12.3. The summed E-state index contributed by atoms with van der Waals surface area (Å²) in [6.45, 7) is 11.5. The SMILES string of the molecule is Cc1cscc1CN1CCC(CNC(C)C)C1. The summed E-state index contributed by atoms with van der Waals surface area (Å²) in [4.78, 5) is 2.60. The molecule has 1 aromatic heterocycles. The van der Waals surface area contributed by atoms with Crippen LogP contribution < -0.4 is 5.32 Å². The molecule has 0 spiro atoms. The molecule has 3 heteroatoms. The fraction of sp³-hybridized carbons (Fsp3) is 0.714. The average molecular weight is 252 g/mol. The van der Waals surface area contributed by atoms with E-state index in [2.05, 4.69) is 41.7 Å². The highest BCUT2D eigenvalue weighted by atomic mass is 32.1. The average Bonchev–Trinajstić information content (AvgIpc) is 2.87. The van der Waals surface area contributed by atoms with Crippen molar-refractivity contribution in [2.45, 2.75) is 39.8 Å². The second-order valence-electron chi connectivity index (χ2n) is 5.53. The molecule has 2 heterocycles. The van der Waals surface area contributed by atoms with E-state index in [1.165, 1.54) is 37.2 Å². The Labute approximate surface area is 109 Å². The summed E-state index contributed by atoms with van der Waals surface area (Å²) in [5, 5.41) is 8.11. The van der Waals surface area contributed by atoms with E-state index in [0.29, 0.717) is 6.04 Å². The maximum atomic E-state index is 3.55. The second kappa shape index (κ2) is 5.98. The summed E-state index contributed by atoms with van der Waals surface area (Å²) < 4.78 is 0. The summed E-state index contributed by atoms with van der Waals surface area (Å²) in [6.07, 6.45) is 1.35. The van der Waals surface area contributed by atoms with Crippen molar-refractivity contribution in [3.05, 3.63) is 21.9 Å². The van der Waals surface area contributed by atoms with E-state index in [0.717, 1.165) is 12.5 Å². The van der Waals surface area contributed by atoms with Gasteiger partial charge in [-0.25, -0.2) is 0 Å². The maximum Gasteiger partial charge on any atom is 0.0244 e. The first kappa shape index (κ1) is 13.1. The number of hydrogen-bond acceptors (Lipinski definition) is 3. The smallest absolute Gasteiger partial charge is 0.0244 e. The number of thiophene rings is 1. The minimum absolute atomic E-state index is 0.614. The standard InChI is InChI=1S/C14H24N2S/c1-11(2)15-6-13-4-5-16(7-13)8-14-10-17-9-12(14)3/h9-11,13,15H,4-8H2,1-3H3. The number of nitrogens with one attached hydrogen (secondary N) is 1. The minimum atomic E-state index is 0.614. The Morgan fingerprint density at radius 1 is 1.47 bits per heavy atom. The lowest BCUT2D eigenvalue weighted by atomic mass is 10.1. The minimum Gasteiger partial charge on any atom is -0.314 e. The normalized spacial score (nSPS) is 21.5. The summed E-state index contributed by atoms with van der Waals surface area (Å²) in [6, 6.07) is 0.614. The Kier molecular flexibility index (Phi) is 4.60. The quantitative estimate of drug-likeness (QED) is 0.867. The van der Waals surface area contributed by atoms with Crippen LogP contribution in [0.2, 0.25) is 0 Å². The molecule has 1 atom stereocenters. The van der Waals surface area contributed by atoms with Crippen LogP contribution in [0.1, 0.15) is 31.4 Å². The molecule has 1 aromatic rings. The highest BCUT2D eigenvalue weighted by Crippen LogP contribution is 2.21. The third-order valence-electron chi connectivity index (χ3n) is 3.54. The lowest BCUT2D eigenvalue weighted by molar-refractivity contribution is 0.312. The van der Waals surface area contributed by atoms with E-state index in [4.69, 9.17) is 0 Å². The van der Waals surface area contributed by atoms with Gasteiger partial charge in [-0.3, -0.25) is 4.90 Å². The predicted molar refractivity (Wildman–Crippen MR) is 75.6 cm³/mol. The highest BCUT2D eigenvalue weighted by molar-refractivity contribution is 7.08. The Morgan fingerprint density at radius 2 is 2.29 bits per heavy atom. The van der Waals surface area contributed by atoms with Crippen LogP contribution in [0, 0.1) is 12.8 Å². The number of likely N-dealkylation sites (tertiary alicyclic amines) is 1. The van der Waals surface area contributed by atoms with Gasteiger partial charge in [0.15, 0.2) is 0 Å². The van der Waals surface area contributed by atoms with Crippen LogP contribution >= 0.6 is 11.3 Å². The van der Waals surface area contributed by atoms with Gasteiger partial charge in [0.25, 0.3) is 0 Å². The molecule has 0 radical (unpaired) electrons. The fourth-order valence-electron chi connectivity index (χ4n) is 2.42. The van der Waals surface area contributed by atoms with Crippen LogP contribution in [0.15, 0.2) is 10.8 Å². The van der Waals surface area contributed by atoms with Gasteiger partial charge < -0.3 is 5.32 Å². The number of hydrogen-bond donors (Lipinski definition) is 1. The molecular formula is C14H24N2S. The van der Waals surface area contributed by atoms with E-state index >= 15 is 0 Å². The van der Waals surface area contributed by atoms with Crippen molar-refractivity contribution < 1.29 is 0 Å². The van der Waals surface area contributed by atoms with Crippen LogP contribution in [0.25, 0.3) is 0 Å².